The molecule has 0 aromatic rings. The fraction of sp³-hybridized carbons (Fsp3) is 0.933. The lowest BCUT2D eigenvalue weighted by molar-refractivity contribution is -0.0523. The average Bonchev–Trinajstić information content (AvgIpc) is 2.38. The molecule has 2 rings (SSSR count). The van der Waals surface area contributed by atoms with Crippen molar-refractivity contribution < 1.29 is 19.4 Å². The van der Waals surface area contributed by atoms with E-state index < -0.39 is 5.60 Å². The molecule has 0 aromatic heterocycles. The van der Waals surface area contributed by atoms with Gasteiger partial charge >= 0.3 is 6.09 Å². The lowest BCUT2D eigenvalue weighted by Gasteiger charge is -2.41. The number of rotatable bonds is 1. The highest BCUT2D eigenvalue weighted by atomic mass is 16.6. The van der Waals surface area contributed by atoms with Crippen LogP contribution in [0.1, 0.15) is 40.0 Å². The summed E-state index contributed by atoms with van der Waals surface area (Å²) < 4.78 is 10.9. The second kappa shape index (κ2) is 6.31. The number of piperidine rings is 1. The summed E-state index contributed by atoms with van der Waals surface area (Å²) in [6.07, 6.45) is 2.14. The minimum absolute atomic E-state index is 0.108. The largest absolute Gasteiger partial charge is 0.444 e. The molecule has 0 bridgehead atoms. The third-order valence-electron chi connectivity index (χ3n) is 4.07. The first kappa shape index (κ1) is 15.6. The number of hydrogen-bond donors (Lipinski definition) is 1. The molecule has 2 aliphatic heterocycles. The third-order valence-corrected chi connectivity index (χ3v) is 4.07. The number of carbonyl (C=O) groups is 1. The Balaban J connectivity index is 1.94. The molecule has 2 aliphatic rings. The molecule has 0 spiro atoms. The molecule has 2 saturated heterocycles. The van der Waals surface area contributed by atoms with Crippen molar-refractivity contribution in [1.82, 2.24) is 4.90 Å². The number of aliphatic hydroxyl groups excluding tert-OH is 1. The first-order valence-electron chi connectivity index (χ1n) is 7.60. The van der Waals surface area contributed by atoms with Gasteiger partial charge in [-0.05, 0) is 46.0 Å². The third kappa shape index (κ3) is 4.09. The highest BCUT2D eigenvalue weighted by molar-refractivity contribution is 5.68. The summed E-state index contributed by atoms with van der Waals surface area (Å²) in [5, 5.41) is 10.2. The van der Waals surface area contributed by atoms with Gasteiger partial charge in [-0.25, -0.2) is 4.79 Å². The predicted molar refractivity (Wildman–Crippen MR) is 75.5 cm³/mol. The van der Waals surface area contributed by atoms with Gasteiger partial charge < -0.3 is 19.5 Å². The summed E-state index contributed by atoms with van der Waals surface area (Å²) in [6.45, 7) is 8.27. The summed E-state index contributed by atoms with van der Waals surface area (Å²) in [6, 6.07) is 0. The highest BCUT2D eigenvalue weighted by Crippen LogP contribution is 2.30. The van der Waals surface area contributed by atoms with Crippen molar-refractivity contribution in [3.05, 3.63) is 0 Å². The molecule has 1 N–H and O–H groups in total. The van der Waals surface area contributed by atoms with Crippen LogP contribution in [0.25, 0.3) is 0 Å². The molecule has 5 nitrogen and oxygen atoms in total. The van der Waals surface area contributed by atoms with Gasteiger partial charge in [0.15, 0.2) is 0 Å². The summed E-state index contributed by atoms with van der Waals surface area (Å²) in [5.74, 6) is 0.459. The van der Waals surface area contributed by atoms with Gasteiger partial charge in [-0.3, -0.25) is 0 Å². The van der Waals surface area contributed by atoms with E-state index in [1.165, 1.54) is 0 Å². The Morgan fingerprint density at radius 1 is 1.35 bits per heavy atom. The Labute approximate surface area is 121 Å². The summed E-state index contributed by atoms with van der Waals surface area (Å²) in [7, 11) is 0. The molecule has 2 heterocycles. The van der Waals surface area contributed by atoms with E-state index in [1.807, 2.05) is 20.8 Å². The van der Waals surface area contributed by atoms with Crippen molar-refractivity contribution >= 4 is 6.09 Å². The van der Waals surface area contributed by atoms with E-state index in [2.05, 4.69) is 0 Å². The van der Waals surface area contributed by atoms with Gasteiger partial charge in [0, 0.05) is 32.2 Å². The fourth-order valence-corrected chi connectivity index (χ4v) is 3.03. The first-order valence-corrected chi connectivity index (χ1v) is 7.60. The zero-order valence-electron chi connectivity index (χ0n) is 12.8. The second-order valence-electron chi connectivity index (χ2n) is 6.92. The molecule has 116 valence electrons. The summed E-state index contributed by atoms with van der Waals surface area (Å²) >= 11 is 0. The molecule has 3 unspecified atom stereocenters. The molecule has 20 heavy (non-hydrogen) atoms. The van der Waals surface area contributed by atoms with Crippen LogP contribution in [-0.4, -0.2) is 54.1 Å². The van der Waals surface area contributed by atoms with Crippen LogP contribution in [0, 0.1) is 11.8 Å². The summed E-state index contributed by atoms with van der Waals surface area (Å²) in [5.41, 5.74) is -0.476. The molecule has 2 fully saturated rings. The normalized spacial score (nSPS) is 32.0. The lowest BCUT2D eigenvalue weighted by atomic mass is 9.80. The van der Waals surface area contributed by atoms with Gasteiger partial charge in [0.2, 0.25) is 0 Å². The van der Waals surface area contributed by atoms with Crippen LogP contribution in [0.4, 0.5) is 4.79 Å². The SMILES string of the molecule is CC(C)(C)OC(=O)N1CCC(O)C(C2CCCOC2)C1. The van der Waals surface area contributed by atoms with E-state index in [9.17, 15) is 9.90 Å². The van der Waals surface area contributed by atoms with Crippen LogP contribution in [0.3, 0.4) is 0 Å². The number of likely N-dealkylation sites (tertiary alicyclic amines) is 1. The maximum Gasteiger partial charge on any atom is 0.410 e. The number of ether oxygens (including phenoxy) is 2. The highest BCUT2D eigenvalue weighted by Gasteiger charge is 2.37. The topological polar surface area (TPSA) is 59.0 Å². The van der Waals surface area contributed by atoms with Crippen molar-refractivity contribution in [2.24, 2.45) is 11.8 Å². The van der Waals surface area contributed by atoms with Gasteiger partial charge in [0.25, 0.3) is 0 Å². The summed E-state index contributed by atoms with van der Waals surface area (Å²) in [4.78, 5) is 13.9. The molecule has 5 heteroatoms. The Bertz CT molecular complexity index is 333. The van der Waals surface area contributed by atoms with E-state index in [4.69, 9.17) is 9.47 Å². The predicted octanol–water partition coefficient (Wildman–Crippen LogP) is 2.03. The van der Waals surface area contributed by atoms with Gasteiger partial charge in [-0.1, -0.05) is 0 Å². The maximum absolute atomic E-state index is 12.1. The minimum Gasteiger partial charge on any atom is -0.444 e. The first-order chi connectivity index (χ1) is 9.37. The van der Waals surface area contributed by atoms with E-state index >= 15 is 0 Å². The van der Waals surface area contributed by atoms with Gasteiger partial charge in [0.1, 0.15) is 5.60 Å². The van der Waals surface area contributed by atoms with Crippen molar-refractivity contribution in [2.75, 3.05) is 26.3 Å². The van der Waals surface area contributed by atoms with Crippen molar-refractivity contribution in [3.8, 4) is 0 Å². The molecule has 0 aliphatic carbocycles. The van der Waals surface area contributed by atoms with Crippen LogP contribution in [0.5, 0.6) is 0 Å². The van der Waals surface area contributed by atoms with Crippen molar-refractivity contribution in [2.45, 2.75) is 51.7 Å². The smallest absolute Gasteiger partial charge is 0.410 e. The Kier molecular flexibility index (Phi) is 4.91. The van der Waals surface area contributed by atoms with Gasteiger partial charge in [-0.2, -0.15) is 0 Å². The van der Waals surface area contributed by atoms with Crippen LogP contribution in [0.2, 0.25) is 0 Å². The Morgan fingerprint density at radius 3 is 2.70 bits per heavy atom. The van der Waals surface area contributed by atoms with Crippen molar-refractivity contribution in [1.29, 1.82) is 0 Å². The van der Waals surface area contributed by atoms with E-state index in [-0.39, 0.29) is 18.1 Å². The van der Waals surface area contributed by atoms with E-state index in [1.54, 1.807) is 4.90 Å². The van der Waals surface area contributed by atoms with Crippen LogP contribution >= 0.6 is 0 Å². The number of carbonyl (C=O) groups excluding carboxylic acids is 1. The molecule has 0 aromatic carbocycles. The number of amides is 1. The number of aliphatic hydroxyl groups is 1. The molecule has 0 radical (unpaired) electrons. The Morgan fingerprint density at radius 2 is 2.10 bits per heavy atom. The maximum atomic E-state index is 12.1. The quantitative estimate of drug-likeness (QED) is 0.801. The molecular formula is C15H27NO4. The van der Waals surface area contributed by atoms with Crippen molar-refractivity contribution in [3.63, 3.8) is 0 Å². The minimum atomic E-state index is -0.476. The van der Waals surface area contributed by atoms with Gasteiger partial charge in [-0.15, -0.1) is 0 Å². The van der Waals surface area contributed by atoms with Crippen LogP contribution in [0.15, 0.2) is 0 Å². The molecule has 1 amide bonds. The number of nitrogens with zero attached hydrogens (tertiary/aromatic N) is 1. The van der Waals surface area contributed by atoms with Crippen LogP contribution < -0.4 is 0 Å². The fourth-order valence-electron chi connectivity index (χ4n) is 3.03. The zero-order valence-corrected chi connectivity index (χ0v) is 12.8. The van der Waals surface area contributed by atoms with Crippen LogP contribution in [-0.2, 0) is 9.47 Å². The monoisotopic (exact) mass is 285 g/mol. The standard InChI is InChI=1S/C15H27NO4/c1-15(2,3)20-14(18)16-7-6-13(17)12(9-16)11-5-4-8-19-10-11/h11-13,17H,4-10H2,1-3H3. The van der Waals surface area contributed by atoms with E-state index in [0.717, 1.165) is 19.4 Å². The lowest BCUT2D eigenvalue weighted by Crippen LogP contribution is -2.50. The van der Waals surface area contributed by atoms with Gasteiger partial charge in [0.05, 0.1) is 6.10 Å². The Hall–Kier alpha value is -0.810. The average molecular weight is 285 g/mol. The molecular weight excluding hydrogens is 258 g/mol. The second-order valence-corrected chi connectivity index (χ2v) is 6.92. The van der Waals surface area contributed by atoms with E-state index in [0.29, 0.717) is 32.0 Å². The molecule has 3 atom stereocenters. The molecule has 0 saturated carbocycles. The number of hydrogen-bond acceptors (Lipinski definition) is 4. The zero-order chi connectivity index (χ0) is 14.8.